The van der Waals surface area contributed by atoms with Crippen LogP contribution in [0.25, 0.3) is 10.2 Å². The second kappa shape index (κ2) is 8.93. The Bertz CT molecular complexity index is 856. The molecule has 8 heteroatoms. The first kappa shape index (κ1) is 20.5. The number of nitrogens with zero attached hydrogens (tertiary/aromatic N) is 4. The Labute approximate surface area is 176 Å². The fourth-order valence-corrected chi connectivity index (χ4v) is 5.82. The van der Waals surface area contributed by atoms with E-state index in [-0.39, 0.29) is 6.23 Å². The molecule has 1 atom stereocenters. The maximum absolute atomic E-state index is 11.0. The molecule has 2 aromatic heterocycles. The quantitative estimate of drug-likeness (QED) is 0.695. The van der Waals surface area contributed by atoms with Crippen molar-refractivity contribution in [1.82, 2.24) is 14.9 Å². The van der Waals surface area contributed by atoms with Crippen molar-refractivity contribution in [1.29, 1.82) is 0 Å². The van der Waals surface area contributed by atoms with E-state index in [2.05, 4.69) is 27.0 Å². The van der Waals surface area contributed by atoms with Gasteiger partial charge in [-0.15, -0.1) is 0 Å². The highest BCUT2D eigenvalue weighted by atomic mass is 32.1. The summed E-state index contributed by atoms with van der Waals surface area (Å²) in [5.41, 5.74) is 1.05. The standard InChI is InChI=1S/C21H31N5O2S/c1-4-28-21(26-9-5-6-10-26)16-7-11-25(12-8-16)18-17-14(2)19(22-13-27)29-20(17)24-15(3)23-18/h13,16,21H,4-12H2,1-3H3,(H,22,27). The molecular weight excluding hydrogens is 386 g/mol. The molecule has 29 heavy (non-hydrogen) atoms. The molecule has 1 unspecified atom stereocenters. The van der Waals surface area contributed by atoms with Crippen LogP contribution in [-0.2, 0) is 9.53 Å². The minimum absolute atomic E-state index is 0.253. The smallest absolute Gasteiger partial charge is 0.212 e. The van der Waals surface area contributed by atoms with Gasteiger partial charge < -0.3 is 15.0 Å². The summed E-state index contributed by atoms with van der Waals surface area (Å²) in [5.74, 6) is 2.35. The van der Waals surface area contributed by atoms with E-state index >= 15 is 0 Å². The van der Waals surface area contributed by atoms with Crippen LogP contribution in [-0.4, -0.2) is 60.3 Å². The largest absolute Gasteiger partial charge is 0.363 e. The molecule has 0 bridgehead atoms. The number of piperidine rings is 1. The van der Waals surface area contributed by atoms with Crippen molar-refractivity contribution >= 4 is 38.8 Å². The number of hydrogen-bond donors (Lipinski definition) is 1. The lowest BCUT2D eigenvalue weighted by molar-refractivity contribution is -0.105. The lowest BCUT2D eigenvalue weighted by Crippen LogP contribution is -2.46. The summed E-state index contributed by atoms with van der Waals surface area (Å²) in [5, 5.41) is 4.74. The number of fused-ring (bicyclic) bond motifs is 1. The van der Waals surface area contributed by atoms with Crippen LogP contribution in [0.3, 0.4) is 0 Å². The van der Waals surface area contributed by atoms with Crippen molar-refractivity contribution in [3.05, 3.63) is 11.4 Å². The molecule has 2 saturated heterocycles. The van der Waals surface area contributed by atoms with Gasteiger partial charge in [0.2, 0.25) is 6.41 Å². The number of amides is 1. The van der Waals surface area contributed by atoms with Gasteiger partial charge in [-0.05, 0) is 52.0 Å². The number of hydrogen-bond acceptors (Lipinski definition) is 7. The van der Waals surface area contributed by atoms with E-state index in [1.165, 1.54) is 24.2 Å². The van der Waals surface area contributed by atoms with Gasteiger partial charge in [0.25, 0.3) is 0 Å². The van der Waals surface area contributed by atoms with Crippen molar-refractivity contribution < 1.29 is 9.53 Å². The van der Waals surface area contributed by atoms with Gasteiger partial charge in [0.05, 0.1) is 5.39 Å². The Morgan fingerprint density at radius 1 is 1.21 bits per heavy atom. The van der Waals surface area contributed by atoms with Crippen LogP contribution >= 0.6 is 11.3 Å². The van der Waals surface area contributed by atoms with Crippen molar-refractivity contribution in [3.8, 4) is 0 Å². The van der Waals surface area contributed by atoms with Gasteiger partial charge in [-0.1, -0.05) is 11.3 Å². The zero-order valence-corrected chi connectivity index (χ0v) is 18.4. The molecule has 158 valence electrons. The van der Waals surface area contributed by atoms with Gasteiger partial charge in [0, 0.05) is 38.7 Å². The number of aromatic nitrogens is 2. The average Bonchev–Trinajstić information content (AvgIpc) is 3.35. The van der Waals surface area contributed by atoms with Gasteiger partial charge in [0.1, 0.15) is 27.7 Å². The van der Waals surface area contributed by atoms with Crippen LogP contribution in [0.2, 0.25) is 0 Å². The van der Waals surface area contributed by atoms with Crippen molar-refractivity contribution in [2.45, 2.75) is 52.7 Å². The van der Waals surface area contributed by atoms with Crippen LogP contribution in [0, 0.1) is 19.8 Å². The average molecular weight is 418 g/mol. The van der Waals surface area contributed by atoms with Crippen LogP contribution in [0.5, 0.6) is 0 Å². The van der Waals surface area contributed by atoms with Gasteiger partial charge in [0.15, 0.2) is 0 Å². The molecule has 2 aliphatic rings. The number of rotatable bonds is 7. The summed E-state index contributed by atoms with van der Waals surface area (Å²) in [6.07, 6.45) is 5.77. The molecule has 0 saturated carbocycles. The first-order valence-corrected chi connectivity index (χ1v) is 11.5. The fourth-order valence-electron chi connectivity index (χ4n) is 4.74. The summed E-state index contributed by atoms with van der Waals surface area (Å²) in [4.78, 5) is 26.2. The lowest BCUT2D eigenvalue weighted by Gasteiger charge is -2.40. The number of thiophene rings is 1. The summed E-state index contributed by atoms with van der Waals surface area (Å²) >= 11 is 1.52. The predicted molar refractivity (Wildman–Crippen MR) is 118 cm³/mol. The van der Waals surface area contributed by atoms with Crippen LogP contribution < -0.4 is 10.2 Å². The monoisotopic (exact) mass is 417 g/mol. The molecule has 0 aliphatic carbocycles. The summed E-state index contributed by atoms with van der Waals surface area (Å²) < 4.78 is 6.19. The molecule has 0 radical (unpaired) electrons. The zero-order chi connectivity index (χ0) is 20.4. The second-order valence-electron chi connectivity index (χ2n) is 8.01. The second-order valence-corrected chi connectivity index (χ2v) is 9.01. The fraction of sp³-hybridized carbons (Fsp3) is 0.667. The number of nitrogens with one attached hydrogen (secondary N) is 1. The van der Waals surface area contributed by atoms with E-state index < -0.39 is 0 Å². The Hall–Kier alpha value is -1.77. The predicted octanol–water partition coefficient (Wildman–Crippen LogP) is 3.55. The van der Waals surface area contributed by atoms with Gasteiger partial charge >= 0.3 is 0 Å². The molecule has 4 heterocycles. The van der Waals surface area contributed by atoms with Crippen molar-refractivity contribution in [2.24, 2.45) is 5.92 Å². The number of carbonyl (C=O) groups excluding carboxylic acids is 1. The third-order valence-corrected chi connectivity index (χ3v) is 7.27. The van der Waals surface area contributed by atoms with Crippen molar-refractivity contribution in [3.63, 3.8) is 0 Å². The molecule has 1 amide bonds. The molecule has 4 rings (SSSR count). The van der Waals surface area contributed by atoms with Gasteiger partial charge in [-0.2, -0.15) is 0 Å². The third kappa shape index (κ3) is 4.11. The van der Waals surface area contributed by atoms with Crippen LogP contribution in [0.1, 0.15) is 44.0 Å². The molecule has 2 aromatic rings. The minimum Gasteiger partial charge on any atom is -0.363 e. The summed E-state index contributed by atoms with van der Waals surface area (Å²) in [7, 11) is 0. The minimum atomic E-state index is 0.253. The first-order chi connectivity index (χ1) is 14.1. The van der Waals surface area contributed by atoms with Gasteiger partial charge in [-0.25, -0.2) is 9.97 Å². The van der Waals surface area contributed by atoms with Crippen LogP contribution in [0.4, 0.5) is 10.8 Å². The van der Waals surface area contributed by atoms with E-state index in [4.69, 9.17) is 9.72 Å². The van der Waals surface area contributed by atoms with E-state index in [1.54, 1.807) is 0 Å². The number of aryl methyl sites for hydroxylation is 2. The van der Waals surface area contributed by atoms with Gasteiger partial charge in [-0.3, -0.25) is 9.69 Å². The summed E-state index contributed by atoms with van der Waals surface area (Å²) in [6, 6.07) is 0. The number of ether oxygens (including phenoxy) is 1. The summed E-state index contributed by atoms with van der Waals surface area (Å²) in [6.45, 7) is 11.1. The highest BCUT2D eigenvalue weighted by Crippen LogP contribution is 2.40. The number of likely N-dealkylation sites (tertiary alicyclic amines) is 1. The topological polar surface area (TPSA) is 70.6 Å². The zero-order valence-electron chi connectivity index (χ0n) is 17.6. The molecule has 0 spiro atoms. The van der Waals surface area contributed by atoms with E-state index in [9.17, 15) is 4.79 Å². The molecular formula is C21H31N5O2S. The molecule has 0 aromatic carbocycles. The van der Waals surface area contributed by atoms with E-state index in [0.29, 0.717) is 5.92 Å². The van der Waals surface area contributed by atoms with E-state index in [1.807, 2.05) is 13.8 Å². The Morgan fingerprint density at radius 2 is 1.93 bits per heavy atom. The van der Waals surface area contributed by atoms with Crippen molar-refractivity contribution in [2.75, 3.05) is 43.0 Å². The molecule has 2 fully saturated rings. The third-order valence-electron chi connectivity index (χ3n) is 6.15. The maximum atomic E-state index is 11.0. The Balaban J connectivity index is 1.55. The lowest BCUT2D eigenvalue weighted by atomic mass is 9.94. The molecule has 2 aliphatic heterocycles. The van der Waals surface area contributed by atoms with Crippen LogP contribution in [0.15, 0.2) is 0 Å². The molecule has 1 N–H and O–H groups in total. The number of anilines is 2. The molecule has 7 nitrogen and oxygen atoms in total. The SMILES string of the molecule is CCOC(C1CCN(c2nc(C)nc3sc(NC=O)c(C)c23)CC1)N1CCCC1. The highest BCUT2D eigenvalue weighted by Gasteiger charge is 2.33. The normalized spacial score (nSPS) is 19.8. The first-order valence-electron chi connectivity index (χ1n) is 10.7. The Kier molecular flexibility index (Phi) is 6.32. The maximum Gasteiger partial charge on any atom is 0.212 e. The van der Waals surface area contributed by atoms with E-state index in [0.717, 1.165) is 84.5 Å². The number of carbonyl (C=O) groups is 1. The highest BCUT2D eigenvalue weighted by molar-refractivity contribution is 7.22. The Morgan fingerprint density at radius 3 is 2.59 bits per heavy atom.